The number of hydrogen-bond donors (Lipinski definition) is 1. The molecule has 156 valence electrons. The van der Waals surface area contributed by atoms with Crippen molar-refractivity contribution in [2.45, 2.75) is 38.5 Å². The molecule has 7 heteroatoms. The summed E-state index contributed by atoms with van der Waals surface area (Å²) in [6, 6.07) is 11.5. The fourth-order valence-corrected chi connectivity index (χ4v) is 3.78. The van der Waals surface area contributed by atoms with Gasteiger partial charge in [0.25, 0.3) is 0 Å². The Morgan fingerprint density at radius 2 is 1.93 bits per heavy atom. The van der Waals surface area contributed by atoms with Gasteiger partial charge in [0.2, 0.25) is 17.6 Å². The first-order valence-electron chi connectivity index (χ1n) is 10.1. The van der Waals surface area contributed by atoms with Gasteiger partial charge in [-0.3, -0.25) is 4.79 Å². The zero-order chi connectivity index (χ0) is 20.9. The normalized spacial score (nSPS) is 12.9. The average molecular weight is 407 g/mol. The summed E-state index contributed by atoms with van der Waals surface area (Å²) in [5.74, 6) is 2.03. The Kier molecular flexibility index (Phi) is 5.97. The van der Waals surface area contributed by atoms with Crippen LogP contribution >= 0.6 is 0 Å². The lowest BCUT2D eigenvalue weighted by Gasteiger charge is -2.19. The van der Waals surface area contributed by atoms with E-state index in [1.54, 1.807) is 26.4 Å². The van der Waals surface area contributed by atoms with E-state index in [9.17, 15) is 4.79 Å². The van der Waals surface area contributed by atoms with Crippen LogP contribution in [0.5, 0.6) is 11.5 Å². The second kappa shape index (κ2) is 8.98. The summed E-state index contributed by atoms with van der Waals surface area (Å²) in [6.07, 6.45) is 5.13. The van der Waals surface area contributed by atoms with Gasteiger partial charge in [0, 0.05) is 24.1 Å². The van der Waals surface area contributed by atoms with Crippen LogP contribution in [-0.4, -0.2) is 30.3 Å². The molecule has 0 saturated carbocycles. The Bertz CT molecular complexity index is 1040. The van der Waals surface area contributed by atoms with Crippen molar-refractivity contribution in [3.63, 3.8) is 0 Å². The van der Waals surface area contributed by atoms with Gasteiger partial charge in [-0.2, -0.15) is 4.98 Å². The van der Waals surface area contributed by atoms with Crippen LogP contribution in [0, 0.1) is 0 Å². The minimum absolute atomic E-state index is 0.0557. The summed E-state index contributed by atoms with van der Waals surface area (Å²) in [6.45, 7) is 0. The summed E-state index contributed by atoms with van der Waals surface area (Å²) in [7, 11) is 3.16. The first kappa shape index (κ1) is 19.9. The SMILES string of the molecule is COc1ccc(-c2noc(CCC(=O)Nc3cccc4c3CCCC4)n2)cc1OC. The highest BCUT2D eigenvalue weighted by molar-refractivity contribution is 5.91. The Balaban J connectivity index is 1.39. The third-order valence-corrected chi connectivity index (χ3v) is 5.35. The van der Waals surface area contributed by atoms with Crippen LogP contribution in [0.25, 0.3) is 11.4 Å². The van der Waals surface area contributed by atoms with Crippen LogP contribution in [0.2, 0.25) is 0 Å². The third kappa shape index (κ3) is 4.30. The van der Waals surface area contributed by atoms with Gasteiger partial charge in [0.05, 0.1) is 14.2 Å². The monoisotopic (exact) mass is 407 g/mol. The molecule has 0 bridgehead atoms. The number of amides is 1. The van der Waals surface area contributed by atoms with E-state index in [2.05, 4.69) is 21.5 Å². The van der Waals surface area contributed by atoms with Crippen molar-refractivity contribution in [2.75, 3.05) is 19.5 Å². The molecule has 0 radical (unpaired) electrons. The van der Waals surface area contributed by atoms with E-state index in [0.29, 0.717) is 29.6 Å². The molecule has 0 aliphatic heterocycles. The molecule has 0 saturated heterocycles. The molecule has 30 heavy (non-hydrogen) atoms. The van der Waals surface area contributed by atoms with Crippen molar-refractivity contribution in [1.82, 2.24) is 10.1 Å². The van der Waals surface area contributed by atoms with E-state index in [1.807, 2.05) is 18.2 Å². The zero-order valence-corrected chi connectivity index (χ0v) is 17.2. The van der Waals surface area contributed by atoms with Crippen LogP contribution in [0.15, 0.2) is 40.9 Å². The van der Waals surface area contributed by atoms with Crippen LogP contribution in [0.1, 0.15) is 36.3 Å². The highest BCUT2D eigenvalue weighted by Crippen LogP contribution is 2.31. The van der Waals surface area contributed by atoms with Gasteiger partial charge in [-0.1, -0.05) is 17.3 Å². The second-order valence-electron chi connectivity index (χ2n) is 7.28. The Labute approximate surface area is 175 Å². The highest BCUT2D eigenvalue weighted by Gasteiger charge is 2.16. The van der Waals surface area contributed by atoms with Gasteiger partial charge in [-0.15, -0.1) is 0 Å². The number of carbonyl (C=O) groups excluding carboxylic acids is 1. The number of benzene rings is 2. The fraction of sp³-hybridized carbons (Fsp3) is 0.348. The summed E-state index contributed by atoms with van der Waals surface area (Å²) >= 11 is 0. The Morgan fingerprint density at radius 1 is 1.10 bits per heavy atom. The quantitative estimate of drug-likeness (QED) is 0.632. The maximum Gasteiger partial charge on any atom is 0.227 e. The molecular formula is C23H25N3O4. The number of anilines is 1. The number of aromatic nitrogens is 2. The molecule has 2 aromatic carbocycles. The van der Waals surface area contributed by atoms with E-state index < -0.39 is 0 Å². The van der Waals surface area contributed by atoms with E-state index in [-0.39, 0.29) is 12.3 Å². The molecule has 1 N–H and O–H groups in total. The van der Waals surface area contributed by atoms with Crippen molar-refractivity contribution in [2.24, 2.45) is 0 Å². The van der Waals surface area contributed by atoms with E-state index >= 15 is 0 Å². The summed E-state index contributed by atoms with van der Waals surface area (Å²) in [4.78, 5) is 16.9. The number of nitrogens with zero attached hydrogens (tertiary/aromatic N) is 2. The number of hydrogen-bond acceptors (Lipinski definition) is 6. The molecule has 0 fully saturated rings. The maximum atomic E-state index is 12.5. The third-order valence-electron chi connectivity index (χ3n) is 5.35. The molecular weight excluding hydrogens is 382 g/mol. The smallest absolute Gasteiger partial charge is 0.227 e. The van der Waals surface area contributed by atoms with Crippen LogP contribution in [0.4, 0.5) is 5.69 Å². The molecule has 3 aromatic rings. The van der Waals surface area contributed by atoms with Crippen LogP contribution in [0.3, 0.4) is 0 Å². The van der Waals surface area contributed by atoms with Crippen molar-refractivity contribution in [3.05, 3.63) is 53.4 Å². The Hall–Kier alpha value is -3.35. The topological polar surface area (TPSA) is 86.5 Å². The van der Waals surface area contributed by atoms with Gasteiger partial charge in [0.1, 0.15) is 0 Å². The first-order valence-corrected chi connectivity index (χ1v) is 10.1. The van der Waals surface area contributed by atoms with Gasteiger partial charge in [-0.05, 0) is 61.1 Å². The molecule has 1 aliphatic rings. The van der Waals surface area contributed by atoms with Gasteiger partial charge in [-0.25, -0.2) is 0 Å². The fourth-order valence-electron chi connectivity index (χ4n) is 3.78. The lowest BCUT2D eigenvalue weighted by Crippen LogP contribution is -2.15. The number of carbonyl (C=O) groups is 1. The minimum atomic E-state index is -0.0557. The summed E-state index contributed by atoms with van der Waals surface area (Å²) in [5.41, 5.74) is 4.29. The van der Waals surface area contributed by atoms with Crippen LogP contribution < -0.4 is 14.8 Å². The number of fused-ring (bicyclic) bond motifs is 1. The predicted molar refractivity (Wildman–Crippen MR) is 113 cm³/mol. The molecule has 0 unspecified atom stereocenters. The molecule has 7 nitrogen and oxygen atoms in total. The van der Waals surface area contributed by atoms with Gasteiger partial charge < -0.3 is 19.3 Å². The van der Waals surface area contributed by atoms with Crippen LogP contribution in [-0.2, 0) is 24.1 Å². The zero-order valence-electron chi connectivity index (χ0n) is 17.2. The number of ether oxygens (including phenoxy) is 2. The lowest BCUT2D eigenvalue weighted by atomic mass is 9.90. The Morgan fingerprint density at radius 3 is 2.77 bits per heavy atom. The second-order valence-corrected chi connectivity index (χ2v) is 7.28. The van der Waals surface area contributed by atoms with Gasteiger partial charge >= 0.3 is 0 Å². The first-order chi connectivity index (χ1) is 14.7. The predicted octanol–water partition coefficient (Wildman–Crippen LogP) is 4.20. The summed E-state index contributed by atoms with van der Waals surface area (Å²) < 4.78 is 15.9. The van der Waals surface area contributed by atoms with E-state index in [4.69, 9.17) is 14.0 Å². The molecule has 1 heterocycles. The molecule has 1 aliphatic carbocycles. The van der Waals surface area contributed by atoms with Crippen molar-refractivity contribution in [1.29, 1.82) is 0 Å². The van der Waals surface area contributed by atoms with Crippen molar-refractivity contribution >= 4 is 11.6 Å². The number of methoxy groups -OCH3 is 2. The van der Waals surface area contributed by atoms with E-state index in [1.165, 1.54) is 24.0 Å². The lowest BCUT2D eigenvalue weighted by molar-refractivity contribution is -0.116. The van der Waals surface area contributed by atoms with Crippen molar-refractivity contribution in [3.8, 4) is 22.9 Å². The van der Waals surface area contributed by atoms with E-state index in [0.717, 1.165) is 24.1 Å². The van der Waals surface area contributed by atoms with Crippen molar-refractivity contribution < 1.29 is 18.8 Å². The van der Waals surface area contributed by atoms with Gasteiger partial charge in [0.15, 0.2) is 11.5 Å². The maximum absolute atomic E-state index is 12.5. The summed E-state index contributed by atoms with van der Waals surface area (Å²) in [5, 5.41) is 7.07. The number of rotatable bonds is 7. The minimum Gasteiger partial charge on any atom is -0.493 e. The molecule has 0 atom stereocenters. The molecule has 1 amide bonds. The largest absolute Gasteiger partial charge is 0.493 e. The molecule has 4 rings (SSSR count). The average Bonchev–Trinajstić information content (AvgIpc) is 3.26. The molecule has 1 aromatic heterocycles. The number of aryl methyl sites for hydroxylation is 2. The molecule has 0 spiro atoms. The number of nitrogens with one attached hydrogen (secondary N) is 1. The standard InChI is InChI=1S/C23H25N3O4/c1-28-19-11-10-16(14-20(19)29-2)23-25-22(30-26-23)13-12-21(27)24-18-9-5-7-15-6-3-4-8-17(15)18/h5,7,9-11,14H,3-4,6,8,12-13H2,1-2H3,(H,24,27). The highest BCUT2D eigenvalue weighted by atomic mass is 16.5.